The lowest BCUT2D eigenvalue weighted by Gasteiger charge is -2.14. The van der Waals surface area contributed by atoms with Crippen molar-refractivity contribution in [1.82, 2.24) is 15.5 Å². The predicted molar refractivity (Wildman–Crippen MR) is 132 cm³/mol. The number of benzene rings is 1. The van der Waals surface area contributed by atoms with E-state index in [0.29, 0.717) is 12.5 Å². The molecular weight excluding hydrogens is 499 g/mol. The van der Waals surface area contributed by atoms with Gasteiger partial charge in [0.1, 0.15) is 12.3 Å². The summed E-state index contributed by atoms with van der Waals surface area (Å²) in [6.45, 7) is 3.64. The number of methoxy groups -OCH3 is 1. The number of nitrogens with one attached hydrogen (secondary N) is 2. The van der Waals surface area contributed by atoms with E-state index in [1.807, 2.05) is 6.92 Å². The second-order valence-electron chi connectivity index (χ2n) is 6.69. The first-order chi connectivity index (χ1) is 13.5. The Bertz CT molecular complexity index is 779. The van der Waals surface area contributed by atoms with Gasteiger partial charge in [-0.1, -0.05) is 18.2 Å². The molecule has 0 aliphatic carbocycles. The van der Waals surface area contributed by atoms with Gasteiger partial charge in [0.05, 0.1) is 7.11 Å². The van der Waals surface area contributed by atoms with E-state index >= 15 is 0 Å². The Kier molecular flexibility index (Phi) is 11.7. The Morgan fingerprint density at radius 1 is 1.17 bits per heavy atom. The monoisotopic (exact) mass is 530 g/mol. The molecule has 2 N–H and O–H groups in total. The topological polar surface area (TPSA) is 66.0 Å². The number of aryl methyl sites for hydroxylation is 1. The van der Waals surface area contributed by atoms with Gasteiger partial charge in [0, 0.05) is 32.1 Å². The highest BCUT2D eigenvalue weighted by molar-refractivity contribution is 14.0. The Balaban J connectivity index is 0.00000420. The number of carbonyl (C=O) groups is 1. The van der Waals surface area contributed by atoms with Crippen molar-refractivity contribution >= 4 is 47.2 Å². The maximum absolute atomic E-state index is 11.9. The average molecular weight is 530 g/mol. The molecule has 0 spiro atoms. The largest absolute Gasteiger partial charge is 0.496 e. The van der Waals surface area contributed by atoms with Gasteiger partial charge in [0.25, 0.3) is 0 Å². The molecule has 0 unspecified atom stereocenters. The molecule has 2 aromatic rings. The van der Waals surface area contributed by atoms with Crippen molar-refractivity contribution in [2.45, 2.75) is 19.8 Å². The molecule has 1 aromatic carbocycles. The molecule has 0 aliphatic rings. The van der Waals surface area contributed by atoms with Crippen LogP contribution in [0.25, 0.3) is 0 Å². The summed E-state index contributed by atoms with van der Waals surface area (Å²) in [7, 11) is 5.16. The first-order valence-corrected chi connectivity index (χ1v) is 10.3. The zero-order valence-corrected chi connectivity index (χ0v) is 20.7. The second-order valence-corrected chi connectivity index (χ2v) is 7.72. The molecule has 2 rings (SSSR count). The number of guanidine groups is 1. The van der Waals surface area contributed by atoms with Gasteiger partial charge in [0.15, 0.2) is 5.96 Å². The molecule has 6 nitrogen and oxygen atoms in total. The number of halogens is 1. The summed E-state index contributed by atoms with van der Waals surface area (Å²) in [5.74, 6) is 1.53. The molecule has 8 heteroatoms. The molecule has 1 amide bonds. The lowest BCUT2D eigenvalue weighted by molar-refractivity contribution is -0.127. The third kappa shape index (κ3) is 9.03. The Morgan fingerprint density at radius 2 is 1.90 bits per heavy atom. The van der Waals surface area contributed by atoms with Crippen molar-refractivity contribution in [2.24, 2.45) is 4.99 Å². The normalized spacial score (nSPS) is 10.8. The third-order valence-electron chi connectivity index (χ3n) is 4.29. The van der Waals surface area contributed by atoms with Gasteiger partial charge < -0.3 is 20.3 Å². The van der Waals surface area contributed by atoms with Crippen LogP contribution in [0.5, 0.6) is 5.75 Å². The van der Waals surface area contributed by atoms with Crippen molar-refractivity contribution in [3.05, 3.63) is 51.7 Å². The number of rotatable bonds is 9. The lowest BCUT2D eigenvalue weighted by atomic mass is 10.1. The summed E-state index contributed by atoms with van der Waals surface area (Å²) in [5.41, 5.74) is 2.32. The van der Waals surface area contributed by atoms with Crippen LogP contribution in [0.3, 0.4) is 0 Å². The number of carbonyl (C=O) groups excluding carboxylic acids is 1. The number of thiophene rings is 1. The first-order valence-electron chi connectivity index (χ1n) is 9.38. The Labute approximate surface area is 194 Å². The van der Waals surface area contributed by atoms with Crippen molar-refractivity contribution < 1.29 is 9.53 Å². The molecule has 0 bridgehead atoms. The standard InChI is InChI=1S/C21H30N4O2S.HI/c1-16-7-8-17(14-19(16)27-4)9-11-22-21(24-15-20(26)25(2)3)23-12-10-18-6-5-13-28-18;/h5-8,13-14H,9-12,15H2,1-4H3,(H2,22,23,24);1H. The number of ether oxygens (including phenoxy) is 1. The van der Waals surface area contributed by atoms with Gasteiger partial charge in [-0.15, -0.1) is 35.3 Å². The van der Waals surface area contributed by atoms with E-state index in [1.54, 1.807) is 37.4 Å². The molecule has 29 heavy (non-hydrogen) atoms. The van der Waals surface area contributed by atoms with Crippen LogP contribution in [0.2, 0.25) is 0 Å². The second kappa shape index (κ2) is 13.4. The van der Waals surface area contributed by atoms with E-state index in [-0.39, 0.29) is 36.4 Å². The minimum absolute atomic E-state index is 0. The van der Waals surface area contributed by atoms with Crippen LogP contribution in [0.15, 0.2) is 40.7 Å². The van der Waals surface area contributed by atoms with Gasteiger partial charge in [-0.05, 0) is 48.4 Å². The van der Waals surface area contributed by atoms with E-state index in [2.05, 4.69) is 51.3 Å². The molecule has 0 saturated heterocycles. The lowest BCUT2D eigenvalue weighted by Crippen LogP contribution is -2.40. The van der Waals surface area contributed by atoms with Crippen LogP contribution in [-0.2, 0) is 17.6 Å². The van der Waals surface area contributed by atoms with E-state index < -0.39 is 0 Å². The molecule has 0 saturated carbocycles. The fourth-order valence-corrected chi connectivity index (χ4v) is 3.28. The highest BCUT2D eigenvalue weighted by Crippen LogP contribution is 2.19. The van der Waals surface area contributed by atoms with Gasteiger partial charge in [-0.2, -0.15) is 0 Å². The smallest absolute Gasteiger partial charge is 0.243 e. The van der Waals surface area contributed by atoms with Crippen LogP contribution in [0, 0.1) is 6.92 Å². The molecule has 1 heterocycles. The highest BCUT2D eigenvalue weighted by Gasteiger charge is 2.06. The quantitative estimate of drug-likeness (QED) is 0.297. The molecule has 0 radical (unpaired) electrons. The summed E-state index contributed by atoms with van der Waals surface area (Å²) in [5, 5.41) is 8.72. The van der Waals surface area contributed by atoms with Gasteiger partial charge >= 0.3 is 0 Å². The van der Waals surface area contributed by atoms with Crippen molar-refractivity contribution in [3.63, 3.8) is 0 Å². The summed E-state index contributed by atoms with van der Waals surface area (Å²) >= 11 is 1.74. The first kappa shape index (κ1) is 25.2. The fraction of sp³-hybridized carbons (Fsp3) is 0.429. The summed E-state index contributed by atoms with van der Waals surface area (Å²) in [6, 6.07) is 10.4. The third-order valence-corrected chi connectivity index (χ3v) is 5.23. The highest BCUT2D eigenvalue weighted by atomic mass is 127. The van der Waals surface area contributed by atoms with Gasteiger partial charge in [-0.25, -0.2) is 4.99 Å². The molecular formula is C21H31IN4O2S. The zero-order chi connectivity index (χ0) is 20.4. The average Bonchev–Trinajstić information content (AvgIpc) is 3.20. The van der Waals surface area contributed by atoms with E-state index in [9.17, 15) is 4.79 Å². The van der Waals surface area contributed by atoms with Gasteiger partial charge in [-0.3, -0.25) is 4.79 Å². The molecule has 160 valence electrons. The SMILES string of the molecule is COc1cc(CCNC(=NCC(=O)N(C)C)NCCc2cccs2)ccc1C.I. The van der Waals surface area contributed by atoms with Crippen LogP contribution < -0.4 is 15.4 Å². The van der Waals surface area contributed by atoms with E-state index in [4.69, 9.17) is 4.74 Å². The fourth-order valence-electron chi connectivity index (χ4n) is 2.57. The van der Waals surface area contributed by atoms with Crippen LogP contribution in [0.4, 0.5) is 0 Å². The van der Waals surface area contributed by atoms with Crippen molar-refractivity contribution in [2.75, 3.05) is 40.8 Å². The Morgan fingerprint density at radius 3 is 2.52 bits per heavy atom. The predicted octanol–water partition coefficient (Wildman–Crippen LogP) is 3.09. The number of hydrogen-bond donors (Lipinski definition) is 2. The maximum atomic E-state index is 11.9. The summed E-state index contributed by atoms with van der Waals surface area (Å²) < 4.78 is 5.39. The maximum Gasteiger partial charge on any atom is 0.243 e. The molecule has 0 atom stereocenters. The molecule has 1 aromatic heterocycles. The minimum Gasteiger partial charge on any atom is -0.496 e. The van der Waals surface area contributed by atoms with Crippen LogP contribution in [-0.4, -0.2) is 57.6 Å². The van der Waals surface area contributed by atoms with Crippen LogP contribution >= 0.6 is 35.3 Å². The molecule has 0 aliphatic heterocycles. The zero-order valence-electron chi connectivity index (χ0n) is 17.5. The number of hydrogen-bond acceptors (Lipinski definition) is 4. The Hall–Kier alpha value is -1.81. The summed E-state index contributed by atoms with van der Waals surface area (Å²) in [6.07, 6.45) is 1.76. The minimum atomic E-state index is -0.0253. The van der Waals surface area contributed by atoms with Crippen LogP contribution in [0.1, 0.15) is 16.0 Å². The number of amides is 1. The van der Waals surface area contributed by atoms with Gasteiger partial charge in [0.2, 0.25) is 5.91 Å². The van der Waals surface area contributed by atoms with E-state index in [1.165, 1.54) is 10.4 Å². The number of nitrogens with zero attached hydrogens (tertiary/aromatic N) is 2. The summed E-state index contributed by atoms with van der Waals surface area (Å²) in [4.78, 5) is 19.2. The van der Waals surface area contributed by atoms with Crippen molar-refractivity contribution in [1.29, 1.82) is 0 Å². The number of likely N-dealkylation sites (N-methyl/N-ethyl adjacent to an activating group) is 1. The van der Waals surface area contributed by atoms with E-state index in [0.717, 1.165) is 30.7 Å². The number of aliphatic imine (C=N–C) groups is 1. The molecule has 0 fully saturated rings. The van der Waals surface area contributed by atoms with Crippen molar-refractivity contribution in [3.8, 4) is 5.75 Å².